The maximum Gasteiger partial charge on any atom is 0.303 e. The molecule has 7 heteroatoms. The highest BCUT2D eigenvalue weighted by Gasteiger charge is 2.25. The molecule has 0 radical (unpaired) electrons. The second-order valence-electron chi connectivity index (χ2n) is 5.16. The van der Waals surface area contributed by atoms with Crippen molar-refractivity contribution in [1.29, 1.82) is 0 Å². The summed E-state index contributed by atoms with van der Waals surface area (Å²) in [6.45, 7) is 1.58. The molecule has 1 aromatic carbocycles. The van der Waals surface area contributed by atoms with Gasteiger partial charge in [0.15, 0.2) is 0 Å². The number of carboxylic acids is 1. The van der Waals surface area contributed by atoms with Gasteiger partial charge in [-0.15, -0.1) is 0 Å². The molecule has 114 valence electrons. The fourth-order valence-corrected chi connectivity index (χ4v) is 2.79. The Hall–Kier alpha value is -1.30. The van der Waals surface area contributed by atoms with Gasteiger partial charge >= 0.3 is 5.97 Å². The van der Waals surface area contributed by atoms with Crippen LogP contribution in [0, 0.1) is 5.92 Å². The lowest BCUT2D eigenvalue weighted by atomic mass is 10.1. The summed E-state index contributed by atoms with van der Waals surface area (Å²) < 4.78 is 0. The number of nitrogens with zero attached hydrogens (tertiary/aromatic N) is 1. The van der Waals surface area contributed by atoms with Crippen LogP contribution >= 0.6 is 23.2 Å². The maximum absolute atomic E-state index is 12.0. The van der Waals surface area contributed by atoms with E-state index in [4.69, 9.17) is 28.3 Å². The number of carbonyl (C=O) groups is 2. The molecular weight excluding hydrogens is 315 g/mol. The van der Waals surface area contributed by atoms with Crippen molar-refractivity contribution in [2.75, 3.05) is 25.0 Å². The van der Waals surface area contributed by atoms with Crippen molar-refractivity contribution in [3.8, 4) is 0 Å². The van der Waals surface area contributed by atoms with Crippen LogP contribution in [0.4, 0.5) is 5.69 Å². The van der Waals surface area contributed by atoms with Crippen LogP contribution in [0.15, 0.2) is 18.2 Å². The monoisotopic (exact) mass is 330 g/mol. The molecule has 1 saturated heterocycles. The Kier molecular flexibility index (Phi) is 5.45. The van der Waals surface area contributed by atoms with Gasteiger partial charge in [-0.1, -0.05) is 23.2 Å². The number of nitrogens with one attached hydrogen (secondary N) is 1. The summed E-state index contributed by atoms with van der Waals surface area (Å²) in [4.78, 5) is 24.6. The lowest BCUT2D eigenvalue weighted by Crippen LogP contribution is -2.31. The SMILES string of the molecule is O=C(O)CC1CCN(CC(=O)Nc2cc(Cl)ccc2Cl)C1. The molecule has 0 aromatic heterocycles. The molecule has 1 aliphatic heterocycles. The third-order valence-electron chi connectivity index (χ3n) is 3.40. The number of rotatable bonds is 5. The van der Waals surface area contributed by atoms with Crippen LogP contribution in [0.1, 0.15) is 12.8 Å². The van der Waals surface area contributed by atoms with Crippen LogP contribution in [-0.2, 0) is 9.59 Å². The van der Waals surface area contributed by atoms with Gasteiger partial charge in [0.2, 0.25) is 5.91 Å². The molecular formula is C14H16Cl2N2O3. The van der Waals surface area contributed by atoms with E-state index in [1.54, 1.807) is 18.2 Å². The van der Waals surface area contributed by atoms with Crippen LogP contribution in [0.25, 0.3) is 0 Å². The Morgan fingerprint density at radius 1 is 1.38 bits per heavy atom. The van der Waals surface area contributed by atoms with Crippen molar-refractivity contribution in [3.63, 3.8) is 0 Å². The van der Waals surface area contributed by atoms with E-state index in [9.17, 15) is 9.59 Å². The van der Waals surface area contributed by atoms with Crippen molar-refractivity contribution in [3.05, 3.63) is 28.2 Å². The van der Waals surface area contributed by atoms with Gasteiger partial charge < -0.3 is 10.4 Å². The zero-order valence-electron chi connectivity index (χ0n) is 11.3. The molecule has 1 aliphatic rings. The zero-order valence-corrected chi connectivity index (χ0v) is 12.8. The Bertz CT molecular complexity index is 551. The first kappa shape index (κ1) is 16.1. The summed E-state index contributed by atoms with van der Waals surface area (Å²) in [6.07, 6.45) is 0.954. The van der Waals surface area contributed by atoms with E-state index in [-0.39, 0.29) is 24.8 Å². The van der Waals surface area contributed by atoms with Gasteiger partial charge in [-0.05, 0) is 37.1 Å². The van der Waals surface area contributed by atoms with Crippen molar-refractivity contribution in [1.82, 2.24) is 4.90 Å². The molecule has 5 nitrogen and oxygen atoms in total. The molecule has 1 fully saturated rings. The van der Waals surface area contributed by atoms with Crippen LogP contribution < -0.4 is 5.32 Å². The number of benzene rings is 1. The number of likely N-dealkylation sites (tertiary alicyclic amines) is 1. The summed E-state index contributed by atoms with van der Waals surface area (Å²) in [7, 11) is 0. The number of carboxylic acid groups (broad SMARTS) is 1. The summed E-state index contributed by atoms with van der Waals surface area (Å²) in [5, 5.41) is 12.4. The van der Waals surface area contributed by atoms with E-state index < -0.39 is 5.97 Å². The highest BCUT2D eigenvalue weighted by Crippen LogP contribution is 2.25. The molecule has 21 heavy (non-hydrogen) atoms. The second kappa shape index (κ2) is 7.11. The minimum absolute atomic E-state index is 0.116. The molecule has 1 atom stereocenters. The van der Waals surface area contributed by atoms with Gasteiger partial charge in [0.25, 0.3) is 0 Å². The molecule has 2 rings (SSSR count). The fraction of sp³-hybridized carbons (Fsp3) is 0.429. The third-order valence-corrected chi connectivity index (χ3v) is 3.97. The first-order valence-electron chi connectivity index (χ1n) is 6.63. The van der Waals surface area contributed by atoms with Gasteiger partial charge in [0, 0.05) is 18.0 Å². The molecule has 1 heterocycles. The molecule has 0 spiro atoms. The Labute approximate surface area is 132 Å². The van der Waals surface area contributed by atoms with E-state index in [1.807, 2.05) is 4.90 Å². The standard InChI is InChI=1S/C14H16Cl2N2O3/c15-10-1-2-11(16)12(6-10)17-13(19)8-18-4-3-9(7-18)5-14(20)21/h1-2,6,9H,3-5,7-8H2,(H,17,19)(H,20,21). The topological polar surface area (TPSA) is 69.6 Å². The minimum atomic E-state index is -0.794. The average Bonchev–Trinajstić information content (AvgIpc) is 2.80. The first-order chi connectivity index (χ1) is 9.94. The van der Waals surface area contributed by atoms with Gasteiger partial charge in [-0.2, -0.15) is 0 Å². The average molecular weight is 331 g/mol. The summed E-state index contributed by atoms with van der Waals surface area (Å²) in [5.41, 5.74) is 0.482. The molecule has 0 saturated carbocycles. The van der Waals surface area contributed by atoms with Gasteiger partial charge in [0.05, 0.1) is 17.3 Å². The highest BCUT2D eigenvalue weighted by atomic mass is 35.5. The smallest absolute Gasteiger partial charge is 0.303 e. The van der Waals surface area contributed by atoms with Gasteiger partial charge in [-0.25, -0.2) is 0 Å². The maximum atomic E-state index is 12.0. The highest BCUT2D eigenvalue weighted by molar-refractivity contribution is 6.35. The number of hydrogen-bond donors (Lipinski definition) is 2. The molecule has 2 N–H and O–H groups in total. The summed E-state index contributed by atoms with van der Waals surface area (Å²) >= 11 is 11.8. The number of aliphatic carboxylic acids is 1. The first-order valence-corrected chi connectivity index (χ1v) is 7.38. The second-order valence-corrected chi connectivity index (χ2v) is 6.00. The van der Waals surface area contributed by atoms with Crippen molar-refractivity contribution < 1.29 is 14.7 Å². The fourth-order valence-electron chi connectivity index (χ4n) is 2.46. The van der Waals surface area contributed by atoms with E-state index in [0.717, 1.165) is 13.0 Å². The Morgan fingerprint density at radius 3 is 2.86 bits per heavy atom. The molecule has 1 aromatic rings. The van der Waals surface area contributed by atoms with E-state index in [0.29, 0.717) is 22.3 Å². The van der Waals surface area contributed by atoms with Crippen LogP contribution in [-0.4, -0.2) is 41.5 Å². The Morgan fingerprint density at radius 2 is 2.14 bits per heavy atom. The number of hydrogen-bond acceptors (Lipinski definition) is 3. The molecule has 0 bridgehead atoms. The molecule has 0 aliphatic carbocycles. The number of anilines is 1. The van der Waals surface area contributed by atoms with Crippen LogP contribution in [0.5, 0.6) is 0 Å². The van der Waals surface area contributed by atoms with E-state index in [1.165, 1.54) is 0 Å². The van der Waals surface area contributed by atoms with Crippen LogP contribution in [0.2, 0.25) is 10.0 Å². The van der Waals surface area contributed by atoms with Gasteiger partial charge in [-0.3, -0.25) is 14.5 Å². The third kappa shape index (κ3) is 4.88. The zero-order chi connectivity index (χ0) is 15.4. The quantitative estimate of drug-likeness (QED) is 0.870. The minimum Gasteiger partial charge on any atom is -0.481 e. The summed E-state index contributed by atoms with van der Waals surface area (Å²) in [5.74, 6) is -0.864. The van der Waals surface area contributed by atoms with Crippen molar-refractivity contribution >= 4 is 40.8 Å². The predicted octanol–water partition coefficient (Wildman–Crippen LogP) is 2.73. The predicted molar refractivity (Wildman–Crippen MR) is 81.9 cm³/mol. The molecule has 1 unspecified atom stereocenters. The number of carbonyl (C=O) groups excluding carboxylic acids is 1. The van der Waals surface area contributed by atoms with Crippen molar-refractivity contribution in [2.45, 2.75) is 12.8 Å². The Balaban J connectivity index is 1.85. The largest absolute Gasteiger partial charge is 0.481 e. The van der Waals surface area contributed by atoms with Crippen LogP contribution in [0.3, 0.4) is 0 Å². The number of halogens is 2. The van der Waals surface area contributed by atoms with Crippen molar-refractivity contribution in [2.24, 2.45) is 5.92 Å². The van der Waals surface area contributed by atoms with E-state index in [2.05, 4.69) is 5.32 Å². The normalized spacial score (nSPS) is 18.7. The van der Waals surface area contributed by atoms with E-state index >= 15 is 0 Å². The number of amides is 1. The summed E-state index contributed by atoms with van der Waals surface area (Å²) in [6, 6.07) is 4.87. The van der Waals surface area contributed by atoms with Gasteiger partial charge in [0.1, 0.15) is 0 Å². The molecule has 1 amide bonds. The lowest BCUT2D eigenvalue weighted by molar-refractivity contribution is -0.138. The lowest BCUT2D eigenvalue weighted by Gasteiger charge is -2.15.